The summed E-state index contributed by atoms with van der Waals surface area (Å²) in [6, 6.07) is 12.0. The standard InChI is InChI=1S/2C14H24N2P.2CHO.2Os.H/c2*1-12(2)17(13(3)4)10-9-15-11-14-7-5-6-8-16-14;2*1-2;;;/h2*5-8,12-13H,9-11H2,1-4H3;2*1H;;;/q4*-1;;;/p+2. The summed E-state index contributed by atoms with van der Waals surface area (Å²) in [7, 11) is -0.493. The minimum Gasteiger partial charge on any atom is 0 e. The molecule has 0 N–H and O–H groups in total. The molecule has 0 amide bonds. The number of nitrogens with zero attached hydrogens (tertiary/aromatic N) is 4. The van der Waals surface area contributed by atoms with Gasteiger partial charge in [0.05, 0.1) is 22.6 Å². The van der Waals surface area contributed by atoms with Crippen molar-refractivity contribution in [1.82, 2.24) is 9.97 Å². The second-order valence-electron chi connectivity index (χ2n) is 10.1. The van der Waals surface area contributed by atoms with Gasteiger partial charge in [-0.25, -0.2) is 0 Å². The van der Waals surface area contributed by atoms with E-state index in [4.69, 9.17) is 9.59 Å². The maximum absolute atomic E-state index is 7.75. The van der Waals surface area contributed by atoms with E-state index in [1.807, 2.05) is 48.8 Å². The van der Waals surface area contributed by atoms with E-state index in [1.165, 1.54) is 12.3 Å². The molecular formula is C30H53N4O2Os2P2-2. The molecule has 2 rings (SSSR count). The van der Waals surface area contributed by atoms with Gasteiger partial charge in [0.2, 0.25) is 0 Å². The average Bonchev–Trinajstić information content (AvgIpc) is 2.91. The number of hydrogen-bond acceptors (Lipinski definition) is 4. The van der Waals surface area contributed by atoms with Gasteiger partial charge in [0.1, 0.15) is 0 Å². The van der Waals surface area contributed by atoms with Crippen LogP contribution in [0.15, 0.2) is 48.8 Å². The fraction of sp³-hybridized carbons (Fsp3) is 0.600. The zero-order valence-electron chi connectivity index (χ0n) is 25.7. The maximum atomic E-state index is 7.75. The minimum atomic E-state index is -0.247. The molecule has 0 bridgehead atoms. The Morgan fingerprint density at radius 3 is 1.15 bits per heavy atom. The second kappa shape index (κ2) is 31.6. The van der Waals surface area contributed by atoms with E-state index in [-0.39, 0.29) is 55.4 Å². The predicted molar refractivity (Wildman–Crippen MR) is 174 cm³/mol. The normalized spacial score (nSPS) is 10.2. The Labute approximate surface area is 274 Å². The monoisotopic (exact) mass is 947 g/mol. The van der Waals surface area contributed by atoms with Gasteiger partial charge in [0, 0.05) is 71.7 Å². The summed E-state index contributed by atoms with van der Waals surface area (Å²) in [4.78, 5) is 24.1. The fourth-order valence-electron chi connectivity index (χ4n) is 4.27. The quantitative estimate of drug-likeness (QED) is 0.0872. The first-order valence-electron chi connectivity index (χ1n) is 13.5. The molecule has 2 aromatic heterocycles. The van der Waals surface area contributed by atoms with Crippen LogP contribution in [0.4, 0.5) is 0 Å². The Bertz CT molecular complexity index is 695. The molecule has 2 heterocycles. The van der Waals surface area contributed by atoms with Crippen LogP contribution in [0.5, 0.6) is 0 Å². The molecule has 2 aromatic rings. The van der Waals surface area contributed by atoms with Gasteiger partial charge in [0.15, 0.2) is 0 Å². The molecular weight excluding hydrogens is 891 g/mol. The van der Waals surface area contributed by atoms with Crippen LogP contribution in [-0.4, -0.2) is 71.6 Å². The Kier molecular flexibility index (Phi) is 36.9. The number of rotatable bonds is 14. The molecule has 6 nitrogen and oxygen atoms in total. The van der Waals surface area contributed by atoms with Crippen LogP contribution < -0.4 is 0 Å². The van der Waals surface area contributed by atoms with Crippen LogP contribution in [0, 0.1) is 0 Å². The van der Waals surface area contributed by atoms with Crippen LogP contribution in [0.3, 0.4) is 0 Å². The number of hydrogen-bond donors (Lipinski definition) is 0. The molecule has 10 heteroatoms. The van der Waals surface area contributed by atoms with Crippen molar-refractivity contribution in [3.63, 3.8) is 0 Å². The predicted octanol–water partition coefficient (Wildman–Crippen LogP) is 7.15. The van der Waals surface area contributed by atoms with Crippen molar-refractivity contribution in [2.45, 2.75) is 91.1 Å². The summed E-state index contributed by atoms with van der Waals surface area (Å²) < 4.78 is 0. The van der Waals surface area contributed by atoms with Gasteiger partial charge in [-0.1, -0.05) is 12.1 Å². The molecule has 0 spiro atoms. The third-order valence-corrected chi connectivity index (χ3v) is 13.6. The van der Waals surface area contributed by atoms with Gasteiger partial charge in [-0.2, -0.15) is 0 Å². The van der Waals surface area contributed by atoms with Crippen LogP contribution in [-0.2, 0) is 62.3 Å². The Balaban J connectivity index is -0.000000276. The van der Waals surface area contributed by atoms with Gasteiger partial charge in [-0.15, -0.1) is 26.2 Å². The minimum absolute atomic E-state index is 0. The summed E-state index contributed by atoms with van der Waals surface area (Å²) in [5.41, 5.74) is 5.57. The van der Waals surface area contributed by atoms with Crippen molar-refractivity contribution < 1.29 is 49.2 Å². The molecule has 0 saturated carbocycles. The van der Waals surface area contributed by atoms with E-state index in [2.05, 4.69) is 89.6 Å². The molecule has 0 unspecified atom stereocenters. The van der Waals surface area contributed by atoms with E-state index in [1.54, 1.807) is 0 Å². The maximum Gasteiger partial charge on any atom is 0 e. The molecule has 0 aliphatic heterocycles. The van der Waals surface area contributed by atoms with Gasteiger partial charge >= 0.3 is 19.8 Å². The van der Waals surface area contributed by atoms with E-state index in [9.17, 15) is 0 Å². The van der Waals surface area contributed by atoms with Crippen molar-refractivity contribution in [2.75, 3.05) is 25.4 Å². The van der Waals surface area contributed by atoms with Crippen molar-refractivity contribution in [1.29, 1.82) is 0 Å². The summed E-state index contributed by atoms with van der Waals surface area (Å²) >= 11 is 0. The molecule has 0 aliphatic rings. The summed E-state index contributed by atoms with van der Waals surface area (Å²) in [5, 5.41) is 9.22. The summed E-state index contributed by atoms with van der Waals surface area (Å²) in [6.07, 6.45) is 6.27. The third kappa shape index (κ3) is 24.3. The largest absolute Gasteiger partial charge is 0 e. The number of aromatic nitrogens is 2. The average molecular weight is 944 g/mol. The molecule has 233 valence electrons. The topological polar surface area (TPSA) is 88.1 Å². The molecule has 0 aliphatic carbocycles. The van der Waals surface area contributed by atoms with Crippen molar-refractivity contribution >= 4 is 29.4 Å². The van der Waals surface area contributed by atoms with Gasteiger partial charge < -0.3 is 20.2 Å². The fourth-order valence-corrected chi connectivity index (χ4v) is 10.1. The smallest absolute Gasteiger partial charge is 0 e. The van der Waals surface area contributed by atoms with Crippen molar-refractivity contribution in [3.8, 4) is 0 Å². The van der Waals surface area contributed by atoms with E-state index >= 15 is 0 Å². The molecule has 0 aromatic carbocycles. The molecule has 0 radical (unpaired) electrons. The van der Waals surface area contributed by atoms with E-state index in [0.29, 0.717) is 0 Å². The molecule has 40 heavy (non-hydrogen) atoms. The second-order valence-corrected chi connectivity index (χ2v) is 18.0. The van der Waals surface area contributed by atoms with E-state index in [0.717, 1.165) is 60.2 Å². The first-order chi connectivity index (χ1) is 18.2. The van der Waals surface area contributed by atoms with Crippen LogP contribution >= 0.6 is 15.8 Å². The van der Waals surface area contributed by atoms with E-state index < -0.39 is 0 Å². The van der Waals surface area contributed by atoms with Gasteiger partial charge in [-0.05, 0) is 79.7 Å². The van der Waals surface area contributed by atoms with Gasteiger partial charge in [0.25, 0.3) is 0 Å². The third-order valence-electron chi connectivity index (χ3n) is 6.08. The van der Waals surface area contributed by atoms with Crippen LogP contribution in [0.1, 0.15) is 66.8 Å². The van der Waals surface area contributed by atoms with Crippen molar-refractivity contribution in [2.24, 2.45) is 0 Å². The van der Waals surface area contributed by atoms with Crippen LogP contribution in [0.25, 0.3) is 10.6 Å². The number of carbonyl (C=O) groups excluding carboxylic acids is 2. The summed E-state index contributed by atoms with van der Waals surface area (Å²) in [5.74, 6) is 0. The molecule has 0 atom stereocenters. The Morgan fingerprint density at radius 2 is 0.925 bits per heavy atom. The Morgan fingerprint density at radius 1 is 0.625 bits per heavy atom. The van der Waals surface area contributed by atoms with Crippen molar-refractivity contribution in [3.05, 3.63) is 70.8 Å². The first kappa shape index (κ1) is 46.6. The SMILES string of the molecule is CC(C)[PH+](CC[N-]Cc1ccccn1)C(C)C.CC(C)[PH+](CC[N-]Cc1ccccn1)C(C)C.[CH-]=O.[CH-]=O.[OsH].[Os]. The van der Waals surface area contributed by atoms with Crippen LogP contribution in [0.2, 0.25) is 0 Å². The van der Waals surface area contributed by atoms with Gasteiger partial charge in [-0.3, -0.25) is 23.5 Å². The Hall–Kier alpha value is -0.307. The molecule has 0 fully saturated rings. The zero-order chi connectivity index (χ0) is 29.3. The number of pyridine rings is 2. The molecule has 0 saturated heterocycles. The zero-order valence-corrected chi connectivity index (χ0v) is 32.9. The summed E-state index contributed by atoms with van der Waals surface area (Å²) in [6.45, 7) is 28.9. The first-order valence-corrected chi connectivity index (χ1v) is 17.2.